The number of benzene rings is 1. The van der Waals surface area contributed by atoms with Crippen LogP contribution in [-0.4, -0.2) is 13.6 Å². The maximum atomic E-state index is 5.65. The van der Waals surface area contributed by atoms with Gasteiger partial charge in [-0.3, -0.25) is 0 Å². The molecule has 1 aromatic rings. The number of nitrogens with two attached hydrogens (primary N) is 1. The molecular formula is C11H14N2. The van der Waals surface area contributed by atoms with E-state index in [9.17, 15) is 0 Å². The van der Waals surface area contributed by atoms with Gasteiger partial charge in [-0.1, -0.05) is 17.9 Å². The molecular weight excluding hydrogens is 160 g/mol. The zero-order chi connectivity index (χ0) is 9.68. The van der Waals surface area contributed by atoms with Crippen molar-refractivity contribution in [2.45, 2.75) is 6.92 Å². The molecule has 68 valence electrons. The Balaban J connectivity index is 2.89. The topological polar surface area (TPSA) is 38.0 Å². The Hall–Kier alpha value is -1.46. The molecule has 0 amide bonds. The fraction of sp³-hybridized carbons (Fsp3) is 0.273. The zero-order valence-corrected chi connectivity index (χ0v) is 8.02. The number of aryl methyl sites for hydroxylation is 1. The molecule has 2 nitrogen and oxygen atoms in total. The molecule has 0 aliphatic carbocycles. The van der Waals surface area contributed by atoms with E-state index in [1.165, 1.54) is 0 Å². The molecule has 0 fully saturated rings. The Morgan fingerprint density at radius 1 is 1.46 bits per heavy atom. The van der Waals surface area contributed by atoms with E-state index in [0.29, 0.717) is 6.54 Å². The Labute approximate surface area is 79.1 Å². The number of nitrogen functional groups attached to an aromatic ring is 1. The van der Waals surface area contributed by atoms with Gasteiger partial charge < -0.3 is 11.1 Å². The van der Waals surface area contributed by atoms with Crippen LogP contribution in [0.2, 0.25) is 0 Å². The Kier molecular flexibility index (Phi) is 3.36. The SMILES string of the molecule is CNCC#Cc1cc(N)ccc1C. The van der Waals surface area contributed by atoms with Gasteiger partial charge in [0.05, 0.1) is 6.54 Å². The molecule has 1 rings (SSSR count). The molecule has 0 aromatic heterocycles. The van der Waals surface area contributed by atoms with E-state index < -0.39 is 0 Å². The van der Waals surface area contributed by atoms with Crippen molar-refractivity contribution >= 4 is 5.69 Å². The summed E-state index contributed by atoms with van der Waals surface area (Å²) in [6.45, 7) is 2.73. The van der Waals surface area contributed by atoms with Crippen molar-refractivity contribution in [3.8, 4) is 11.8 Å². The first-order chi connectivity index (χ1) is 6.24. The highest BCUT2D eigenvalue weighted by atomic mass is 14.8. The van der Waals surface area contributed by atoms with Gasteiger partial charge in [0.25, 0.3) is 0 Å². The monoisotopic (exact) mass is 174 g/mol. The first-order valence-electron chi connectivity index (χ1n) is 4.23. The summed E-state index contributed by atoms with van der Waals surface area (Å²) < 4.78 is 0. The summed E-state index contributed by atoms with van der Waals surface area (Å²) in [4.78, 5) is 0. The van der Waals surface area contributed by atoms with E-state index in [2.05, 4.69) is 17.2 Å². The quantitative estimate of drug-likeness (QED) is 0.495. The van der Waals surface area contributed by atoms with Gasteiger partial charge in [0.1, 0.15) is 0 Å². The number of rotatable bonds is 1. The molecule has 3 N–H and O–H groups in total. The molecule has 0 atom stereocenters. The summed E-state index contributed by atoms with van der Waals surface area (Å²) >= 11 is 0. The molecule has 1 aromatic carbocycles. The minimum Gasteiger partial charge on any atom is -0.399 e. The van der Waals surface area contributed by atoms with Crippen LogP contribution in [0.1, 0.15) is 11.1 Å². The van der Waals surface area contributed by atoms with Gasteiger partial charge in [-0.05, 0) is 31.7 Å². The van der Waals surface area contributed by atoms with E-state index in [-0.39, 0.29) is 0 Å². The Morgan fingerprint density at radius 3 is 2.92 bits per heavy atom. The highest BCUT2D eigenvalue weighted by Crippen LogP contribution is 2.10. The van der Waals surface area contributed by atoms with Crippen LogP contribution in [0.5, 0.6) is 0 Å². The standard InChI is InChI=1S/C11H14N2/c1-9-5-6-11(12)8-10(9)4-3-7-13-2/h5-6,8,13H,7,12H2,1-2H3. The van der Waals surface area contributed by atoms with E-state index in [0.717, 1.165) is 16.8 Å². The molecule has 2 heteroatoms. The molecule has 0 aliphatic rings. The van der Waals surface area contributed by atoms with E-state index in [1.807, 2.05) is 32.2 Å². The van der Waals surface area contributed by atoms with Crippen LogP contribution in [0.3, 0.4) is 0 Å². The van der Waals surface area contributed by atoms with E-state index in [1.54, 1.807) is 0 Å². The predicted octanol–water partition coefficient (Wildman–Crippen LogP) is 1.15. The third-order valence-corrected chi connectivity index (χ3v) is 1.75. The van der Waals surface area contributed by atoms with Gasteiger partial charge in [0.15, 0.2) is 0 Å². The van der Waals surface area contributed by atoms with Gasteiger partial charge in [-0.15, -0.1) is 0 Å². The molecule has 0 saturated heterocycles. The van der Waals surface area contributed by atoms with Crippen molar-refractivity contribution in [2.24, 2.45) is 0 Å². The Morgan fingerprint density at radius 2 is 2.23 bits per heavy atom. The summed E-state index contributed by atoms with van der Waals surface area (Å²) in [5.41, 5.74) is 8.59. The fourth-order valence-electron chi connectivity index (χ4n) is 1.00. The van der Waals surface area contributed by atoms with Crippen molar-refractivity contribution in [1.29, 1.82) is 0 Å². The maximum absolute atomic E-state index is 5.65. The van der Waals surface area contributed by atoms with Crippen LogP contribution in [0.25, 0.3) is 0 Å². The minimum absolute atomic E-state index is 0.703. The molecule has 0 radical (unpaired) electrons. The van der Waals surface area contributed by atoms with Crippen LogP contribution in [-0.2, 0) is 0 Å². The number of hydrogen-bond acceptors (Lipinski definition) is 2. The van der Waals surface area contributed by atoms with E-state index >= 15 is 0 Å². The summed E-state index contributed by atoms with van der Waals surface area (Å²) in [5, 5.41) is 2.97. The van der Waals surface area contributed by atoms with Gasteiger partial charge in [-0.2, -0.15) is 0 Å². The first-order valence-corrected chi connectivity index (χ1v) is 4.23. The van der Waals surface area contributed by atoms with Crippen LogP contribution < -0.4 is 11.1 Å². The number of nitrogens with one attached hydrogen (secondary N) is 1. The van der Waals surface area contributed by atoms with Crippen molar-refractivity contribution in [1.82, 2.24) is 5.32 Å². The van der Waals surface area contributed by atoms with Gasteiger partial charge in [-0.25, -0.2) is 0 Å². The van der Waals surface area contributed by atoms with Gasteiger partial charge in [0.2, 0.25) is 0 Å². The molecule has 0 saturated carbocycles. The van der Waals surface area contributed by atoms with Gasteiger partial charge >= 0.3 is 0 Å². The highest BCUT2D eigenvalue weighted by molar-refractivity contribution is 5.51. The first kappa shape index (κ1) is 9.63. The summed E-state index contributed by atoms with van der Waals surface area (Å²) in [7, 11) is 1.88. The molecule has 0 heterocycles. The number of hydrogen-bond donors (Lipinski definition) is 2. The second kappa shape index (κ2) is 4.54. The average molecular weight is 174 g/mol. The molecule has 0 aliphatic heterocycles. The maximum Gasteiger partial charge on any atom is 0.0577 e. The minimum atomic E-state index is 0.703. The van der Waals surface area contributed by atoms with Crippen molar-refractivity contribution in [2.75, 3.05) is 19.3 Å². The normalized spacial score (nSPS) is 9.08. The largest absolute Gasteiger partial charge is 0.399 e. The second-order valence-corrected chi connectivity index (χ2v) is 2.91. The summed E-state index contributed by atoms with van der Waals surface area (Å²) in [5.74, 6) is 6.06. The smallest absolute Gasteiger partial charge is 0.0577 e. The number of anilines is 1. The third-order valence-electron chi connectivity index (χ3n) is 1.75. The van der Waals surface area contributed by atoms with Crippen molar-refractivity contribution < 1.29 is 0 Å². The van der Waals surface area contributed by atoms with Crippen LogP contribution >= 0.6 is 0 Å². The molecule has 13 heavy (non-hydrogen) atoms. The Bertz CT molecular complexity index is 345. The summed E-state index contributed by atoms with van der Waals surface area (Å²) in [6.07, 6.45) is 0. The van der Waals surface area contributed by atoms with Crippen LogP contribution in [0.15, 0.2) is 18.2 Å². The van der Waals surface area contributed by atoms with E-state index in [4.69, 9.17) is 5.73 Å². The zero-order valence-electron chi connectivity index (χ0n) is 8.02. The molecule has 0 spiro atoms. The van der Waals surface area contributed by atoms with Crippen LogP contribution in [0.4, 0.5) is 5.69 Å². The molecule has 0 unspecified atom stereocenters. The van der Waals surface area contributed by atoms with Crippen LogP contribution in [0, 0.1) is 18.8 Å². The second-order valence-electron chi connectivity index (χ2n) is 2.91. The molecule has 0 bridgehead atoms. The van der Waals surface area contributed by atoms with Crippen molar-refractivity contribution in [3.63, 3.8) is 0 Å². The lowest BCUT2D eigenvalue weighted by molar-refractivity contribution is 0.938. The lowest BCUT2D eigenvalue weighted by atomic mass is 10.1. The lowest BCUT2D eigenvalue weighted by Gasteiger charge is -1.98. The predicted molar refractivity (Wildman–Crippen MR) is 56.4 cm³/mol. The third kappa shape index (κ3) is 2.81. The van der Waals surface area contributed by atoms with Gasteiger partial charge in [0, 0.05) is 11.3 Å². The van der Waals surface area contributed by atoms with Crippen molar-refractivity contribution in [3.05, 3.63) is 29.3 Å². The fourth-order valence-corrected chi connectivity index (χ4v) is 1.00. The average Bonchev–Trinajstić information content (AvgIpc) is 2.11. The summed E-state index contributed by atoms with van der Waals surface area (Å²) in [6, 6.07) is 5.77. The lowest BCUT2D eigenvalue weighted by Crippen LogP contribution is -2.04. The highest BCUT2D eigenvalue weighted by Gasteiger charge is 1.93.